The number of hydrogen-bond donors (Lipinski definition) is 0. The molecule has 4 heteroatoms. The van der Waals surface area contributed by atoms with Gasteiger partial charge in [-0.3, -0.25) is 4.98 Å². The van der Waals surface area contributed by atoms with Gasteiger partial charge in [-0.05, 0) is 37.1 Å². The molecule has 0 fully saturated rings. The third-order valence-corrected chi connectivity index (χ3v) is 3.78. The fourth-order valence-corrected chi connectivity index (χ4v) is 2.64. The lowest BCUT2D eigenvalue weighted by Crippen LogP contribution is -2.00. The van der Waals surface area contributed by atoms with Crippen molar-refractivity contribution in [3.05, 3.63) is 58.8 Å². The molecule has 3 rings (SSSR count). The minimum atomic E-state index is -0.390. The van der Waals surface area contributed by atoms with Crippen LogP contribution in [-0.2, 0) is 6.42 Å². The van der Waals surface area contributed by atoms with Gasteiger partial charge in [0.2, 0.25) is 0 Å². The highest BCUT2D eigenvalue weighted by atomic mass is 35.5. The van der Waals surface area contributed by atoms with Crippen LogP contribution in [0.5, 0.6) is 0 Å². The Hall–Kier alpha value is -1.87. The molecule has 0 saturated heterocycles. The van der Waals surface area contributed by atoms with Crippen LogP contribution < -0.4 is 0 Å². The van der Waals surface area contributed by atoms with Crippen molar-refractivity contribution in [1.82, 2.24) is 9.55 Å². The lowest BCUT2D eigenvalue weighted by Gasteiger charge is -2.10. The summed E-state index contributed by atoms with van der Waals surface area (Å²) in [6, 6.07) is 7.40. The predicted octanol–water partition coefficient (Wildman–Crippen LogP) is 4.69. The number of rotatable bonds is 2. The molecule has 0 bridgehead atoms. The van der Waals surface area contributed by atoms with Gasteiger partial charge in [0.25, 0.3) is 0 Å². The lowest BCUT2D eigenvalue weighted by atomic mass is 10.2. The van der Waals surface area contributed by atoms with Crippen molar-refractivity contribution in [3.8, 4) is 5.69 Å². The molecule has 0 unspecified atom stereocenters. The molecule has 20 heavy (non-hydrogen) atoms. The number of benzene rings is 1. The molecule has 2 heterocycles. The first kappa shape index (κ1) is 13.1. The number of pyridine rings is 1. The van der Waals surface area contributed by atoms with Crippen LogP contribution >= 0.6 is 11.6 Å². The summed E-state index contributed by atoms with van der Waals surface area (Å²) >= 11 is 5.91. The van der Waals surface area contributed by atoms with Crippen molar-refractivity contribution >= 4 is 22.5 Å². The van der Waals surface area contributed by atoms with Crippen molar-refractivity contribution in [1.29, 1.82) is 0 Å². The second-order valence-electron chi connectivity index (χ2n) is 4.83. The normalized spacial score (nSPS) is 11.2. The third-order valence-electron chi connectivity index (χ3n) is 3.49. The first-order valence-corrected chi connectivity index (χ1v) is 6.90. The minimum Gasteiger partial charge on any atom is -0.310 e. The zero-order valence-electron chi connectivity index (χ0n) is 11.3. The molecule has 0 aliphatic heterocycles. The Bertz CT molecular complexity index is 793. The van der Waals surface area contributed by atoms with Gasteiger partial charge in [0.05, 0.1) is 22.4 Å². The molecule has 0 N–H and O–H groups in total. The van der Waals surface area contributed by atoms with E-state index < -0.39 is 0 Å². The standard InChI is InChI=1S/C16H14ClFN2/c1-3-11-7-13(9-19-8-11)20-10(2)6-12-4-5-14(17)15(18)16(12)20/h4-9H,3H2,1-2H3. The van der Waals surface area contributed by atoms with Crippen molar-refractivity contribution < 1.29 is 4.39 Å². The minimum absolute atomic E-state index is 0.136. The van der Waals surface area contributed by atoms with Gasteiger partial charge < -0.3 is 4.57 Å². The summed E-state index contributed by atoms with van der Waals surface area (Å²) in [6.07, 6.45) is 4.46. The van der Waals surface area contributed by atoms with E-state index in [2.05, 4.69) is 11.9 Å². The zero-order valence-corrected chi connectivity index (χ0v) is 12.1. The lowest BCUT2D eigenvalue weighted by molar-refractivity contribution is 0.634. The highest BCUT2D eigenvalue weighted by molar-refractivity contribution is 6.31. The van der Waals surface area contributed by atoms with E-state index in [1.165, 1.54) is 0 Å². The zero-order chi connectivity index (χ0) is 14.3. The van der Waals surface area contributed by atoms with Gasteiger partial charge in [-0.2, -0.15) is 0 Å². The highest BCUT2D eigenvalue weighted by Gasteiger charge is 2.14. The number of nitrogens with zero attached hydrogens (tertiary/aromatic N) is 2. The molecule has 0 atom stereocenters. The SMILES string of the molecule is CCc1cncc(-n2c(C)cc3ccc(Cl)c(F)c32)c1. The molecule has 3 aromatic rings. The van der Waals surface area contributed by atoms with E-state index in [9.17, 15) is 4.39 Å². The van der Waals surface area contributed by atoms with Crippen molar-refractivity contribution in [3.63, 3.8) is 0 Å². The third kappa shape index (κ3) is 1.98. The van der Waals surface area contributed by atoms with Crippen LogP contribution in [0, 0.1) is 12.7 Å². The van der Waals surface area contributed by atoms with E-state index in [0.29, 0.717) is 5.52 Å². The van der Waals surface area contributed by atoms with E-state index in [1.54, 1.807) is 12.3 Å². The van der Waals surface area contributed by atoms with E-state index in [0.717, 1.165) is 28.8 Å². The molecule has 0 aliphatic carbocycles. The summed E-state index contributed by atoms with van der Waals surface area (Å²) in [4.78, 5) is 4.24. The second-order valence-corrected chi connectivity index (χ2v) is 5.23. The first-order chi connectivity index (χ1) is 9.61. The molecule has 0 saturated carbocycles. The van der Waals surface area contributed by atoms with Crippen LogP contribution in [0.25, 0.3) is 16.6 Å². The molecule has 2 aromatic heterocycles. The summed E-state index contributed by atoms with van der Waals surface area (Å²) in [5.41, 5.74) is 3.44. The molecule has 0 amide bonds. The highest BCUT2D eigenvalue weighted by Crippen LogP contribution is 2.30. The Balaban J connectivity index is 2.35. The maximum absolute atomic E-state index is 14.4. The van der Waals surface area contributed by atoms with Gasteiger partial charge in [0, 0.05) is 17.3 Å². The first-order valence-electron chi connectivity index (χ1n) is 6.52. The van der Waals surface area contributed by atoms with Crippen LogP contribution in [0.1, 0.15) is 18.2 Å². The van der Waals surface area contributed by atoms with Gasteiger partial charge in [-0.25, -0.2) is 4.39 Å². The molecular formula is C16H14ClFN2. The monoisotopic (exact) mass is 288 g/mol. The Morgan fingerprint density at radius 2 is 2.05 bits per heavy atom. The number of hydrogen-bond acceptors (Lipinski definition) is 1. The van der Waals surface area contributed by atoms with Gasteiger partial charge >= 0.3 is 0 Å². The topological polar surface area (TPSA) is 17.8 Å². The van der Waals surface area contributed by atoms with E-state index in [4.69, 9.17) is 11.6 Å². The van der Waals surface area contributed by atoms with E-state index in [-0.39, 0.29) is 10.8 Å². The predicted molar refractivity (Wildman–Crippen MR) is 80.2 cm³/mol. The molecule has 2 nitrogen and oxygen atoms in total. The summed E-state index contributed by atoms with van der Waals surface area (Å²) in [5, 5.41) is 0.975. The largest absolute Gasteiger partial charge is 0.310 e. The van der Waals surface area contributed by atoms with Crippen molar-refractivity contribution in [2.75, 3.05) is 0 Å². The van der Waals surface area contributed by atoms with Crippen LogP contribution in [0.3, 0.4) is 0 Å². The molecular weight excluding hydrogens is 275 g/mol. The van der Waals surface area contributed by atoms with Crippen LogP contribution in [0.2, 0.25) is 5.02 Å². The van der Waals surface area contributed by atoms with Crippen LogP contribution in [0.4, 0.5) is 4.39 Å². The molecule has 1 aromatic carbocycles. The van der Waals surface area contributed by atoms with Crippen molar-refractivity contribution in [2.24, 2.45) is 0 Å². The Kier molecular flexibility index (Phi) is 3.22. The fraction of sp³-hybridized carbons (Fsp3) is 0.188. The summed E-state index contributed by atoms with van der Waals surface area (Å²) in [6.45, 7) is 4.02. The fourth-order valence-electron chi connectivity index (χ4n) is 2.49. The Morgan fingerprint density at radius 3 is 2.80 bits per heavy atom. The number of fused-ring (bicyclic) bond motifs is 1. The van der Waals surface area contributed by atoms with Crippen LogP contribution in [-0.4, -0.2) is 9.55 Å². The summed E-state index contributed by atoms with van der Waals surface area (Å²) in [7, 11) is 0. The smallest absolute Gasteiger partial charge is 0.166 e. The number of halogens is 2. The quantitative estimate of drug-likeness (QED) is 0.669. The van der Waals surface area contributed by atoms with Gasteiger partial charge in [-0.15, -0.1) is 0 Å². The van der Waals surface area contributed by atoms with Crippen molar-refractivity contribution in [2.45, 2.75) is 20.3 Å². The molecule has 0 spiro atoms. The number of aromatic nitrogens is 2. The maximum atomic E-state index is 14.4. The van der Waals surface area contributed by atoms with Crippen LogP contribution in [0.15, 0.2) is 36.7 Å². The molecule has 102 valence electrons. The van der Waals surface area contributed by atoms with Gasteiger partial charge in [-0.1, -0.05) is 24.6 Å². The van der Waals surface area contributed by atoms with E-state index >= 15 is 0 Å². The summed E-state index contributed by atoms with van der Waals surface area (Å²) in [5.74, 6) is -0.390. The average molecular weight is 289 g/mol. The number of aryl methyl sites for hydroxylation is 2. The van der Waals surface area contributed by atoms with Gasteiger partial charge in [0.15, 0.2) is 5.82 Å². The molecule has 0 aliphatic rings. The molecule has 0 radical (unpaired) electrons. The van der Waals surface area contributed by atoms with E-state index in [1.807, 2.05) is 35.9 Å². The van der Waals surface area contributed by atoms with Gasteiger partial charge in [0.1, 0.15) is 0 Å². The summed E-state index contributed by atoms with van der Waals surface area (Å²) < 4.78 is 16.2. The Morgan fingerprint density at radius 1 is 1.25 bits per heavy atom. The Labute approximate surface area is 121 Å². The average Bonchev–Trinajstić information content (AvgIpc) is 2.80. The maximum Gasteiger partial charge on any atom is 0.166 e. The second kappa shape index (κ2) is 4.91.